The van der Waals surface area contributed by atoms with Gasteiger partial charge in [0, 0.05) is 46.2 Å². The monoisotopic (exact) mass is 435 g/mol. The Hall–Kier alpha value is -2.14. The van der Waals surface area contributed by atoms with Crippen LogP contribution in [0.25, 0.3) is 33.2 Å². The highest BCUT2D eigenvalue weighted by Crippen LogP contribution is 2.34. The van der Waals surface area contributed by atoms with Gasteiger partial charge >= 0.3 is 0 Å². The molecule has 0 bridgehead atoms. The van der Waals surface area contributed by atoms with E-state index < -0.39 is 0 Å². The Morgan fingerprint density at radius 1 is 1.07 bits per heavy atom. The first kappa shape index (κ1) is 19.8. The molecular formula is C25H26ClN3S. The number of benzene rings is 1. The van der Waals surface area contributed by atoms with E-state index in [1.165, 1.54) is 46.9 Å². The zero-order valence-electron chi connectivity index (χ0n) is 17.0. The summed E-state index contributed by atoms with van der Waals surface area (Å²) in [7, 11) is 0. The van der Waals surface area contributed by atoms with Crippen LogP contribution in [0.5, 0.6) is 0 Å². The molecule has 3 nitrogen and oxygen atoms in total. The van der Waals surface area contributed by atoms with E-state index in [1.807, 2.05) is 12.4 Å². The van der Waals surface area contributed by atoms with Gasteiger partial charge in [0.05, 0.1) is 5.50 Å². The number of nitrogens with zero attached hydrogens (tertiary/aromatic N) is 2. The van der Waals surface area contributed by atoms with Crippen LogP contribution in [0.3, 0.4) is 0 Å². The lowest BCUT2D eigenvalue weighted by Crippen LogP contribution is -2.36. The van der Waals surface area contributed by atoms with Gasteiger partial charge in [0.2, 0.25) is 0 Å². The van der Waals surface area contributed by atoms with E-state index in [0.29, 0.717) is 0 Å². The molecule has 1 fully saturated rings. The van der Waals surface area contributed by atoms with Crippen LogP contribution in [0.4, 0.5) is 0 Å². The predicted molar refractivity (Wildman–Crippen MR) is 128 cm³/mol. The molecule has 0 saturated carbocycles. The van der Waals surface area contributed by atoms with Crippen molar-refractivity contribution in [3.63, 3.8) is 0 Å². The summed E-state index contributed by atoms with van der Waals surface area (Å²) in [6, 6.07) is 10.9. The van der Waals surface area contributed by atoms with Gasteiger partial charge in [-0.25, -0.2) is 0 Å². The molecule has 0 amide bonds. The zero-order valence-corrected chi connectivity index (χ0v) is 18.6. The maximum Gasteiger partial charge on any atom is 0.0853 e. The number of pyridine rings is 1. The summed E-state index contributed by atoms with van der Waals surface area (Å²) in [5, 5.41) is 5.57. The standard InChI is InChI=1S/C25H26ClN3S/c26-24(29-10-2-1-3-11-29)8-7-18-5-4-6-23-25(18)22(16-28-23)21-13-20(14-27-15-21)19-9-12-30-17-19/h4-6,9,12-17,24,28H,1-3,7-8,10-11H2. The molecule has 5 heteroatoms. The summed E-state index contributed by atoms with van der Waals surface area (Å²) >= 11 is 8.49. The molecule has 1 saturated heterocycles. The van der Waals surface area contributed by atoms with Gasteiger partial charge in [-0.05, 0) is 78.9 Å². The Labute approximate surface area is 186 Å². The second-order valence-corrected chi connectivity index (χ2v) is 9.37. The molecule has 1 aromatic carbocycles. The van der Waals surface area contributed by atoms with Gasteiger partial charge in [-0.2, -0.15) is 11.3 Å². The lowest BCUT2D eigenvalue weighted by atomic mass is 9.97. The summed E-state index contributed by atoms with van der Waals surface area (Å²) in [6.07, 6.45) is 11.9. The van der Waals surface area contributed by atoms with Crippen LogP contribution in [-0.2, 0) is 6.42 Å². The number of aryl methyl sites for hydroxylation is 1. The molecule has 154 valence electrons. The van der Waals surface area contributed by atoms with Crippen molar-refractivity contribution in [3.8, 4) is 22.3 Å². The van der Waals surface area contributed by atoms with Crippen LogP contribution >= 0.6 is 22.9 Å². The quantitative estimate of drug-likeness (QED) is 0.262. The van der Waals surface area contributed by atoms with Gasteiger partial charge in [0.25, 0.3) is 0 Å². The Morgan fingerprint density at radius 3 is 2.77 bits per heavy atom. The minimum absolute atomic E-state index is 0.117. The normalized spacial score (nSPS) is 16.2. The predicted octanol–water partition coefficient (Wildman–Crippen LogP) is 6.94. The molecule has 1 unspecified atom stereocenters. The highest BCUT2D eigenvalue weighted by atomic mass is 35.5. The molecule has 0 spiro atoms. The van der Waals surface area contributed by atoms with Gasteiger partial charge in [-0.15, -0.1) is 11.6 Å². The first-order valence-electron chi connectivity index (χ1n) is 10.7. The Morgan fingerprint density at radius 2 is 1.93 bits per heavy atom. The molecular weight excluding hydrogens is 410 g/mol. The SMILES string of the molecule is ClC(CCc1cccc2[nH]cc(-c3cncc(-c4ccsc4)c3)c12)N1CCCCC1. The van der Waals surface area contributed by atoms with E-state index >= 15 is 0 Å². The lowest BCUT2D eigenvalue weighted by Gasteiger charge is -2.30. The fraction of sp³-hybridized carbons (Fsp3) is 0.320. The van der Waals surface area contributed by atoms with E-state index in [9.17, 15) is 0 Å². The lowest BCUT2D eigenvalue weighted by molar-refractivity contribution is 0.203. The van der Waals surface area contributed by atoms with Gasteiger partial charge in [0.1, 0.15) is 0 Å². The van der Waals surface area contributed by atoms with Gasteiger partial charge < -0.3 is 4.98 Å². The van der Waals surface area contributed by atoms with Crippen molar-refractivity contribution >= 4 is 33.8 Å². The summed E-state index contributed by atoms with van der Waals surface area (Å²) in [5.74, 6) is 0. The molecule has 4 aromatic rings. The van der Waals surface area contributed by atoms with Crippen LogP contribution in [0.1, 0.15) is 31.2 Å². The van der Waals surface area contributed by atoms with Crippen LogP contribution in [0.15, 0.2) is 59.7 Å². The van der Waals surface area contributed by atoms with Crippen molar-refractivity contribution in [1.29, 1.82) is 0 Å². The Bertz CT molecular complexity index is 1110. The van der Waals surface area contributed by atoms with E-state index in [-0.39, 0.29) is 5.50 Å². The highest BCUT2D eigenvalue weighted by Gasteiger charge is 2.19. The van der Waals surface area contributed by atoms with Crippen molar-refractivity contribution < 1.29 is 0 Å². The summed E-state index contributed by atoms with van der Waals surface area (Å²) < 4.78 is 0. The van der Waals surface area contributed by atoms with Crippen molar-refractivity contribution in [2.45, 2.75) is 37.6 Å². The number of alkyl halides is 1. The molecule has 0 aliphatic carbocycles. The molecule has 3 aromatic heterocycles. The number of nitrogens with one attached hydrogen (secondary N) is 1. The van der Waals surface area contributed by atoms with Gasteiger partial charge in [-0.1, -0.05) is 18.6 Å². The minimum atomic E-state index is 0.117. The topological polar surface area (TPSA) is 31.9 Å². The number of aromatic nitrogens is 2. The summed E-state index contributed by atoms with van der Waals surface area (Å²) in [6.45, 7) is 2.27. The maximum atomic E-state index is 6.78. The molecule has 0 radical (unpaired) electrons. The molecule has 30 heavy (non-hydrogen) atoms. The van der Waals surface area contributed by atoms with E-state index in [4.69, 9.17) is 11.6 Å². The first-order chi connectivity index (χ1) is 14.8. The van der Waals surface area contributed by atoms with Crippen LogP contribution in [-0.4, -0.2) is 33.5 Å². The molecule has 1 atom stereocenters. The van der Waals surface area contributed by atoms with E-state index in [2.05, 4.69) is 62.2 Å². The molecule has 4 heterocycles. The number of H-pyrrole nitrogens is 1. The van der Waals surface area contributed by atoms with Crippen molar-refractivity contribution in [2.24, 2.45) is 0 Å². The van der Waals surface area contributed by atoms with Crippen LogP contribution in [0.2, 0.25) is 0 Å². The summed E-state index contributed by atoms with van der Waals surface area (Å²) in [4.78, 5) is 10.4. The number of fused-ring (bicyclic) bond motifs is 1. The van der Waals surface area contributed by atoms with E-state index in [0.717, 1.165) is 37.1 Å². The molecule has 5 rings (SSSR count). The van der Waals surface area contributed by atoms with Crippen LogP contribution < -0.4 is 0 Å². The third kappa shape index (κ3) is 4.04. The molecule has 1 aliphatic rings. The molecule has 1 aliphatic heterocycles. The third-order valence-corrected chi connectivity index (χ3v) is 7.31. The average molecular weight is 436 g/mol. The smallest absolute Gasteiger partial charge is 0.0853 e. The summed E-state index contributed by atoms with van der Waals surface area (Å²) in [5.41, 5.74) is 7.39. The number of hydrogen-bond acceptors (Lipinski definition) is 3. The van der Waals surface area contributed by atoms with Crippen LogP contribution in [0, 0.1) is 0 Å². The maximum absolute atomic E-state index is 6.78. The average Bonchev–Trinajstić information content (AvgIpc) is 3.49. The zero-order chi connectivity index (χ0) is 20.3. The second kappa shape index (κ2) is 8.93. The van der Waals surface area contributed by atoms with Crippen molar-refractivity contribution in [1.82, 2.24) is 14.9 Å². The number of halogens is 1. The van der Waals surface area contributed by atoms with Gasteiger partial charge in [0.15, 0.2) is 0 Å². The Balaban J connectivity index is 1.44. The number of piperidine rings is 1. The number of rotatable bonds is 6. The van der Waals surface area contributed by atoms with Crippen molar-refractivity contribution in [2.75, 3.05) is 13.1 Å². The Kier molecular flexibility index (Phi) is 5.89. The van der Waals surface area contributed by atoms with Gasteiger partial charge in [-0.3, -0.25) is 9.88 Å². The number of thiophene rings is 1. The largest absolute Gasteiger partial charge is 0.361 e. The number of hydrogen-bond donors (Lipinski definition) is 1. The first-order valence-corrected chi connectivity index (χ1v) is 12.1. The number of likely N-dealkylation sites (tertiary alicyclic amines) is 1. The fourth-order valence-corrected chi connectivity index (χ4v) is 5.50. The highest BCUT2D eigenvalue weighted by molar-refractivity contribution is 7.08. The minimum Gasteiger partial charge on any atom is -0.361 e. The third-order valence-electron chi connectivity index (χ3n) is 6.13. The second-order valence-electron chi connectivity index (χ2n) is 8.09. The number of aromatic amines is 1. The fourth-order valence-electron chi connectivity index (χ4n) is 4.53. The van der Waals surface area contributed by atoms with Crippen molar-refractivity contribution in [3.05, 3.63) is 65.2 Å². The van der Waals surface area contributed by atoms with E-state index in [1.54, 1.807) is 11.3 Å². The molecule has 1 N–H and O–H groups in total.